The number of ether oxygens (including phenoxy) is 1. The van der Waals surface area contributed by atoms with Crippen molar-refractivity contribution in [2.45, 2.75) is 119 Å². The topological polar surface area (TPSA) is 63.6 Å². The molecule has 5 aliphatic carbocycles. The Morgan fingerprint density at radius 2 is 1.51 bits per heavy atom. The third-order valence-electron chi connectivity index (χ3n) is 13.7. The summed E-state index contributed by atoms with van der Waals surface area (Å²) in [4.78, 5) is 24.7. The molecule has 0 heterocycles. The smallest absolute Gasteiger partial charge is 0.302 e. The second kappa shape index (κ2) is 8.05. The van der Waals surface area contributed by atoms with Crippen molar-refractivity contribution >= 4 is 11.8 Å². The number of esters is 1. The van der Waals surface area contributed by atoms with Crippen LogP contribution in [0.25, 0.3) is 0 Å². The summed E-state index contributed by atoms with van der Waals surface area (Å²) >= 11 is 0. The van der Waals surface area contributed by atoms with Crippen molar-refractivity contribution in [3.63, 3.8) is 0 Å². The lowest BCUT2D eigenvalue weighted by molar-refractivity contribution is -0.251. The summed E-state index contributed by atoms with van der Waals surface area (Å²) in [7, 11) is 0. The van der Waals surface area contributed by atoms with E-state index < -0.39 is 0 Å². The SMILES string of the molecule is CC(=O)O[C@@H]1CC[C@]2(C)[C@H]3CC[C@@H]4[C@H]5[C@H](C(C)=O)CC[C@]5(CO)CC[C@@]4(C)[C@]3(C)CC[C@H]2C1(C)C. The van der Waals surface area contributed by atoms with E-state index in [0.717, 1.165) is 32.1 Å². The van der Waals surface area contributed by atoms with Crippen molar-refractivity contribution < 1.29 is 19.4 Å². The third-order valence-corrected chi connectivity index (χ3v) is 13.7. The number of aliphatic hydroxyl groups excluding tert-OH is 1. The molecule has 0 amide bonds. The van der Waals surface area contributed by atoms with Gasteiger partial charge in [-0.15, -0.1) is 0 Å². The predicted molar refractivity (Wildman–Crippen MR) is 137 cm³/mol. The van der Waals surface area contributed by atoms with Crippen molar-refractivity contribution in [1.82, 2.24) is 0 Å². The molecule has 4 nitrogen and oxygen atoms in total. The normalized spacial score (nSPS) is 52.5. The molecule has 0 aromatic heterocycles. The van der Waals surface area contributed by atoms with E-state index in [1.807, 2.05) is 0 Å². The Balaban J connectivity index is 1.51. The van der Waals surface area contributed by atoms with Gasteiger partial charge in [-0.2, -0.15) is 0 Å². The average molecular weight is 487 g/mol. The molecule has 4 heteroatoms. The maximum Gasteiger partial charge on any atom is 0.302 e. The fourth-order valence-corrected chi connectivity index (χ4v) is 11.8. The number of carbonyl (C=O) groups excluding carboxylic acids is 2. The largest absolute Gasteiger partial charge is 0.462 e. The summed E-state index contributed by atoms with van der Waals surface area (Å²) in [6.45, 7) is 16.1. The molecule has 0 radical (unpaired) electrons. The maximum absolute atomic E-state index is 12.8. The first kappa shape index (κ1) is 25.7. The van der Waals surface area contributed by atoms with Gasteiger partial charge >= 0.3 is 5.97 Å². The van der Waals surface area contributed by atoms with Crippen LogP contribution in [-0.2, 0) is 14.3 Å². The highest BCUT2D eigenvalue weighted by Crippen LogP contribution is 2.77. The van der Waals surface area contributed by atoms with E-state index >= 15 is 0 Å². The lowest BCUT2D eigenvalue weighted by atomic mass is 9.32. The molecule has 35 heavy (non-hydrogen) atoms. The minimum absolute atomic E-state index is 0.0124. The number of carbonyl (C=O) groups is 2. The molecule has 0 aliphatic heterocycles. The van der Waals surface area contributed by atoms with Crippen LogP contribution >= 0.6 is 0 Å². The predicted octanol–water partition coefficient (Wildman–Crippen LogP) is 6.58. The fraction of sp³-hybridized carbons (Fsp3) is 0.935. The molecule has 5 saturated carbocycles. The van der Waals surface area contributed by atoms with Gasteiger partial charge in [0.15, 0.2) is 0 Å². The van der Waals surface area contributed by atoms with Gasteiger partial charge in [-0.25, -0.2) is 0 Å². The van der Waals surface area contributed by atoms with Crippen molar-refractivity contribution in [3.8, 4) is 0 Å². The van der Waals surface area contributed by atoms with E-state index in [0.29, 0.717) is 29.5 Å². The number of aliphatic hydroxyl groups is 1. The summed E-state index contributed by atoms with van der Waals surface area (Å²) < 4.78 is 5.88. The van der Waals surface area contributed by atoms with E-state index in [4.69, 9.17) is 4.74 Å². The molecular weight excluding hydrogens is 436 g/mol. The van der Waals surface area contributed by atoms with Crippen LogP contribution in [0, 0.1) is 56.7 Å². The van der Waals surface area contributed by atoms with Gasteiger partial charge < -0.3 is 9.84 Å². The van der Waals surface area contributed by atoms with Gasteiger partial charge in [0, 0.05) is 24.9 Å². The quantitative estimate of drug-likeness (QED) is 0.458. The molecule has 0 spiro atoms. The second-order valence-electron chi connectivity index (χ2n) is 14.9. The molecule has 0 unspecified atom stereocenters. The Kier molecular flexibility index (Phi) is 5.92. The summed E-state index contributed by atoms with van der Waals surface area (Å²) in [5.41, 5.74) is 0.665. The molecular formula is C31H50O4. The first-order valence-electron chi connectivity index (χ1n) is 14.6. The number of Topliss-reactive ketones (excluding diaryl/α,β-unsaturated/α-hetero) is 1. The van der Waals surface area contributed by atoms with E-state index in [1.165, 1.54) is 32.1 Å². The average Bonchev–Trinajstić information content (AvgIpc) is 3.16. The molecule has 5 aliphatic rings. The van der Waals surface area contributed by atoms with Crippen molar-refractivity contribution in [1.29, 1.82) is 0 Å². The Hall–Kier alpha value is -0.900. The van der Waals surface area contributed by atoms with Gasteiger partial charge in [-0.1, -0.05) is 34.6 Å². The number of fused-ring (bicyclic) bond motifs is 7. The van der Waals surface area contributed by atoms with Crippen molar-refractivity contribution in [2.24, 2.45) is 56.7 Å². The lowest BCUT2D eigenvalue weighted by Crippen LogP contribution is -2.67. The molecule has 0 saturated heterocycles. The van der Waals surface area contributed by atoms with Gasteiger partial charge in [0.2, 0.25) is 0 Å². The first-order valence-corrected chi connectivity index (χ1v) is 14.6. The fourth-order valence-electron chi connectivity index (χ4n) is 11.8. The Morgan fingerprint density at radius 1 is 0.800 bits per heavy atom. The van der Waals surface area contributed by atoms with Crippen LogP contribution in [0.2, 0.25) is 0 Å². The highest BCUT2D eigenvalue weighted by Gasteiger charge is 2.71. The third kappa shape index (κ3) is 3.26. The molecule has 0 aromatic carbocycles. The molecule has 1 N–H and O–H groups in total. The summed E-state index contributed by atoms with van der Waals surface area (Å²) in [5, 5.41) is 10.6. The maximum atomic E-state index is 12.8. The van der Waals surface area contributed by atoms with Crippen molar-refractivity contribution in [3.05, 3.63) is 0 Å². The van der Waals surface area contributed by atoms with E-state index in [-0.39, 0.29) is 51.7 Å². The van der Waals surface area contributed by atoms with E-state index in [9.17, 15) is 14.7 Å². The summed E-state index contributed by atoms with van der Waals surface area (Å²) in [6, 6.07) is 0. The monoisotopic (exact) mass is 486 g/mol. The first-order chi connectivity index (χ1) is 16.3. The minimum atomic E-state index is -0.147. The van der Waals surface area contributed by atoms with Crippen LogP contribution in [0.3, 0.4) is 0 Å². The second-order valence-corrected chi connectivity index (χ2v) is 14.9. The van der Waals surface area contributed by atoms with Crippen LogP contribution in [0.1, 0.15) is 113 Å². The van der Waals surface area contributed by atoms with Gasteiger partial charge in [-0.3, -0.25) is 9.59 Å². The Bertz CT molecular complexity index is 894. The highest BCUT2D eigenvalue weighted by atomic mass is 16.5. The van der Waals surface area contributed by atoms with Crippen molar-refractivity contribution in [2.75, 3.05) is 6.61 Å². The zero-order chi connectivity index (χ0) is 25.6. The molecule has 5 fully saturated rings. The summed E-state index contributed by atoms with van der Waals surface area (Å²) in [5.74, 6) is 2.44. The van der Waals surface area contributed by atoms with E-state index in [2.05, 4.69) is 34.6 Å². The number of hydrogen-bond donors (Lipinski definition) is 1. The van der Waals surface area contributed by atoms with Gasteiger partial charge in [0.25, 0.3) is 0 Å². The Morgan fingerprint density at radius 3 is 2.14 bits per heavy atom. The van der Waals surface area contributed by atoms with Crippen LogP contribution < -0.4 is 0 Å². The minimum Gasteiger partial charge on any atom is -0.462 e. The molecule has 10 atom stereocenters. The molecule has 198 valence electrons. The highest BCUT2D eigenvalue weighted by molar-refractivity contribution is 5.79. The lowest BCUT2D eigenvalue weighted by Gasteiger charge is -2.73. The van der Waals surface area contributed by atoms with Crippen LogP contribution in [0.5, 0.6) is 0 Å². The number of rotatable bonds is 3. The van der Waals surface area contributed by atoms with Gasteiger partial charge in [0.1, 0.15) is 11.9 Å². The standard InChI is InChI=1S/C31H50O4/c1-19(33)21-10-15-31(18-32)17-16-29(6)22(26(21)31)8-9-24-28(5)13-12-25(35-20(2)34)27(3,4)23(28)11-14-30(24,29)7/h21-26,32H,8-18H2,1-7H3/t21-,22+,23-,24+,25+,26+,28-,29+,30+,31+/m0/s1. The molecule has 0 bridgehead atoms. The molecule has 0 aromatic rings. The zero-order valence-corrected chi connectivity index (χ0v) is 23.4. The van der Waals surface area contributed by atoms with Crippen LogP contribution in [0.15, 0.2) is 0 Å². The van der Waals surface area contributed by atoms with Crippen LogP contribution in [-0.4, -0.2) is 29.6 Å². The number of ketones is 1. The zero-order valence-electron chi connectivity index (χ0n) is 23.4. The van der Waals surface area contributed by atoms with E-state index in [1.54, 1.807) is 13.8 Å². The van der Waals surface area contributed by atoms with Crippen LogP contribution in [0.4, 0.5) is 0 Å². The summed E-state index contributed by atoms with van der Waals surface area (Å²) in [6.07, 6.45) is 11.2. The molecule has 5 rings (SSSR count). The van der Waals surface area contributed by atoms with Gasteiger partial charge in [-0.05, 0) is 116 Å². The Labute approximate surface area is 213 Å². The van der Waals surface area contributed by atoms with Gasteiger partial charge in [0.05, 0.1) is 0 Å². The number of hydrogen-bond acceptors (Lipinski definition) is 4.